The minimum atomic E-state index is -0.420. The average Bonchev–Trinajstić information content (AvgIpc) is 2.13. The van der Waals surface area contributed by atoms with Gasteiger partial charge < -0.3 is 4.90 Å². The molecule has 0 spiro atoms. The third kappa shape index (κ3) is 3.64. The third-order valence-electron chi connectivity index (χ3n) is 2.86. The number of nitrogens with one attached hydrogen (secondary N) is 1. The molecule has 0 aliphatic carbocycles. The molecule has 1 amide bonds. The molecule has 16 heavy (non-hydrogen) atoms. The summed E-state index contributed by atoms with van der Waals surface area (Å²) in [5.74, 6) is 5.10. The van der Waals surface area contributed by atoms with Gasteiger partial charge in [0.2, 0.25) is 5.91 Å². The van der Waals surface area contributed by atoms with Crippen molar-refractivity contribution in [2.75, 3.05) is 19.6 Å². The number of hydrazine groups is 1. The summed E-state index contributed by atoms with van der Waals surface area (Å²) in [7, 11) is 0. The molecule has 0 radical (unpaired) electrons. The van der Waals surface area contributed by atoms with E-state index in [-0.39, 0.29) is 5.91 Å². The van der Waals surface area contributed by atoms with Gasteiger partial charge in [0.15, 0.2) is 0 Å². The van der Waals surface area contributed by atoms with E-state index >= 15 is 0 Å². The van der Waals surface area contributed by atoms with Crippen molar-refractivity contribution in [2.24, 2.45) is 11.3 Å². The summed E-state index contributed by atoms with van der Waals surface area (Å²) in [4.78, 5) is 14.0. The van der Waals surface area contributed by atoms with Gasteiger partial charge in [-0.25, -0.2) is 5.84 Å². The van der Waals surface area contributed by atoms with Gasteiger partial charge in [-0.2, -0.15) is 11.8 Å². The number of nitrogens with zero attached hydrogens (tertiary/aromatic N) is 1. The van der Waals surface area contributed by atoms with E-state index in [2.05, 4.69) is 24.2 Å². The van der Waals surface area contributed by atoms with E-state index in [1.54, 1.807) is 0 Å². The van der Waals surface area contributed by atoms with Gasteiger partial charge in [-0.1, -0.05) is 13.8 Å². The Morgan fingerprint density at radius 1 is 1.44 bits per heavy atom. The fourth-order valence-corrected chi connectivity index (χ4v) is 3.63. The van der Waals surface area contributed by atoms with E-state index in [0.29, 0.717) is 10.5 Å². The maximum atomic E-state index is 11.6. The Hall–Kier alpha value is -0.260. The Balaban J connectivity index is 2.56. The van der Waals surface area contributed by atoms with Crippen LogP contribution in [0.4, 0.5) is 0 Å². The van der Waals surface area contributed by atoms with Crippen molar-refractivity contribution < 1.29 is 4.79 Å². The summed E-state index contributed by atoms with van der Waals surface area (Å²) in [5, 5.41) is 1.28. The van der Waals surface area contributed by atoms with E-state index < -0.39 is 5.41 Å². The molecule has 0 bridgehead atoms. The zero-order valence-corrected chi connectivity index (χ0v) is 11.4. The standard InChI is InChI=1S/C11H23N3OS/c1-8-5-14(6-9(2)16-8)7-11(3,4)10(15)13-12/h8-9H,5-7,12H2,1-4H3,(H,13,15). The Kier molecular flexibility index (Phi) is 4.64. The molecule has 0 aromatic heterocycles. The number of nitrogens with two attached hydrogens (primary N) is 1. The number of amides is 1. The van der Waals surface area contributed by atoms with Gasteiger partial charge in [-0.15, -0.1) is 0 Å². The van der Waals surface area contributed by atoms with Gasteiger partial charge in [0.05, 0.1) is 5.41 Å². The lowest BCUT2D eigenvalue weighted by Crippen LogP contribution is -2.50. The largest absolute Gasteiger partial charge is 0.300 e. The molecule has 4 nitrogen and oxygen atoms in total. The lowest BCUT2D eigenvalue weighted by atomic mass is 9.91. The first-order valence-electron chi connectivity index (χ1n) is 5.74. The lowest BCUT2D eigenvalue weighted by molar-refractivity contribution is -0.130. The number of thioether (sulfide) groups is 1. The van der Waals surface area contributed by atoms with Gasteiger partial charge in [0.25, 0.3) is 0 Å². The number of carbonyl (C=O) groups is 1. The highest BCUT2D eigenvalue weighted by Gasteiger charge is 2.32. The van der Waals surface area contributed by atoms with Crippen LogP contribution in [-0.2, 0) is 4.79 Å². The molecule has 0 aromatic carbocycles. The molecule has 1 saturated heterocycles. The highest BCUT2D eigenvalue weighted by Crippen LogP contribution is 2.27. The average molecular weight is 245 g/mol. The molecular formula is C11H23N3OS. The number of carbonyl (C=O) groups excluding carboxylic acids is 1. The highest BCUT2D eigenvalue weighted by atomic mass is 32.2. The summed E-state index contributed by atoms with van der Waals surface area (Å²) < 4.78 is 0. The summed E-state index contributed by atoms with van der Waals surface area (Å²) in [6.45, 7) is 11.2. The molecule has 1 heterocycles. The fourth-order valence-electron chi connectivity index (χ4n) is 2.24. The molecule has 0 aromatic rings. The van der Waals surface area contributed by atoms with E-state index in [1.807, 2.05) is 25.6 Å². The summed E-state index contributed by atoms with van der Waals surface area (Å²) in [6, 6.07) is 0. The molecule has 1 aliphatic heterocycles. The van der Waals surface area contributed by atoms with Crippen molar-refractivity contribution >= 4 is 17.7 Å². The maximum Gasteiger partial charge on any atom is 0.240 e. The predicted octanol–water partition coefficient (Wildman–Crippen LogP) is 0.828. The number of hydrogen-bond acceptors (Lipinski definition) is 4. The minimum absolute atomic E-state index is 0.0916. The smallest absolute Gasteiger partial charge is 0.240 e. The highest BCUT2D eigenvalue weighted by molar-refractivity contribution is 8.00. The zero-order chi connectivity index (χ0) is 12.3. The maximum absolute atomic E-state index is 11.6. The van der Waals surface area contributed by atoms with Gasteiger partial charge in [0.1, 0.15) is 0 Å². The van der Waals surface area contributed by atoms with Crippen LogP contribution < -0.4 is 11.3 Å². The number of rotatable bonds is 3. The molecule has 1 rings (SSSR count). The van der Waals surface area contributed by atoms with Crippen LogP contribution in [0.3, 0.4) is 0 Å². The van der Waals surface area contributed by atoms with Crippen molar-refractivity contribution in [3.8, 4) is 0 Å². The SMILES string of the molecule is CC1CN(CC(C)(C)C(=O)NN)CC(C)S1. The summed E-state index contributed by atoms with van der Waals surface area (Å²) >= 11 is 2.02. The normalized spacial score (nSPS) is 27.8. The van der Waals surface area contributed by atoms with Gasteiger partial charge in [0, 0.05) is 30.1 Å². The Bertz CT molecular complexity index is 248. The third-order valence-corrected chi connectivity index (χ3v) is 4.09. The number of hydrogen-bond donors (Lipinski definition) is 2. The second-order valence-corrected chi connectivity index (χ2v) is 7.19. The molecule has 0 saturated carbocycles. The van der Waals surface area contributed by atoms with Crippen LogP contribution in [-0.4, -0.2) is 40.9 Å². The van der Waals surface area contributed by atoms with Crippen LogP contribution in [0.25, 0.3) is 0 Å². The Labute approximate surface area is 102 Å². The van der Waals surface area contributed by atoms with Crippen LogP contribution in [0.5, 0.6) is 0 Å². The first kappa shape index (κ1) is 13.8. The van der Waals surface area contributed by atoms with Gasteiger partial charge in [-0.05, 0) is 13.8 Å². The lowest BCUT2D eigenvalue weighted by Gasteiger charge is -2.38. The molecule has 1 fully saturated rings. The fraction of sp³-hybridized carbons (Fsp3) is 0.909. The molecule has 2 unspecified atom stereocenters. The second kappa shape index (κ2) is 5.38. The molecule has 2 atom stereocenters. The summed E-state index contributed by atoms with van der Waals surface area (Å²) in [6.07, 6.45) is 0. The van der Waals surface area contributed by atoms with E-state index in [4.69, 9.17) is 5.84 Å². The summed E-state index contributed by atoms with van der Waals surface area (Å²) in [5.41, 5.74) is 1.83. The van der Waals surface area contributed by atoms with Crippen LogP contribution in [0.15, 0.2) is 0 Å². The first-order valence-corrected chi connectivity index (χ1v) is 6.68. The van der Waals surface area contributed by atoms with Crippen molar-refractivity contribution in [1.82, 2.24) is 10.3 Å². The molecule has 3 N–H and O–H groups in total. The van der Waals surface area contributed by atoms with Crippen LogP contribution >= 0.6 is 11.8 Å². The van der Waals surface area contributed by atoms with Crippen molar-refractivity contribution in [3.05, 3.63) is 0 Å². The topological polar surface area (TPSA) is 58.4 Å². The van der Waals surface area contributed by atoms with Crippen LogP contribution in [0.2, 0.25) is 0 Å². The molecule has 1 aliphatic rings. The van der Waals surface area contributed by atoms with Crippen LogP contribution in [0.1, 0.15) is 27.7 Å². The van der Waals surface area contributed by atoms with Gasteiger partial charge >= 0.3 is 0 Å². The van der Waals surface area contributed by atoms with Crippen molar-refractivity contribution in [2.45, 2.75) is 38.2 Å². The Morgan fingerprint density at radius 3 is 2.38 bits per heavy atom. The predicted molar refractivity (Wildman–Crippen MR) is 69.1 cm³/mol. The van der Waals surface area contributed by atoms with E-state index in [1.165, 1.54) is 0 Å². The van der Waals surface area contributed by atoms with E-state index in [0.717, 1.165) is 19.6 Å². The van der Waals surface area contributed by atoms with Crippen molar-refractivity contribution in [1.29, 1.82) is 0 Å². The second-order valence-electron chi connectivity index (χ2n) is 5.31. The van der Waals surface area contributed by atoms with Gasteiger partial charge in [-0.3, -0.25) is 10.2 Å². The Morgan fingerprint density at radius 2 is 1.94 bits per heavy atom. The minimum Gasteiger partial charge on any atom is -0.300 e. The van der Waals surface area contributed by atoms with Crippen LogP contribution in [0, 0.1) is 5.41 Å². The monoisotopic (exact) mass is 245 g/mol. The molecular weight excluding hydrogens is 222 g/mol. The van der Waals surface area contributed by atoms with Crippen molar-refractivity contribution in [3.63, 3.8) is 0 Å². The first-order chi connectivity index (χ1) is 7.35. The van der Waals surface area contributed by atoms with E-state index in [9.17, 15) is 4.79 Å². The zero-order valence-electron chi connectivity index (χ0n) is 10.6. The molecule has 5 heteroatoms. The quantitative estimate of drug-likeness (QED) is 0.439. The molecule has 94 valence electrons.